The summed E-state index contributed by atoms with van der Waals surface area (Å²) in [5, 5.41) is 0. The molecule has 1 aromatic carbocycles. The van der Waals surface area contributed by atoms with E-state index in [9.17, 15) is 8.42 Å². The van der Waals surface area contributed by atoms with Crippen molar-refractivity contribution in [1.82, 2.24) is 9.62 Å². The zero-order valence-corrected chi connectivity index (χ0v) is 15.5. The number of nitrogens with one attached hydrogen (secondary N) is 1. The van der Waals surface area contributed by atoms with Gasteiger partial charge in [-0.15, -0.1) is 0 Å². The van der Waals surface area contributed by atoms with Gasteiger partial charge in [-0.2, -0.15) is 0 Å². The number of hydrogen-bond acceptors (Lipinski definition) is 4. The molecule has 2 aliphatic rings. The van der Waals surface area contributed by atoms with Crippen LogP contribution in [0.4, 0.5) is 0 Å². The highest BCUT2D eigenvalue weighted by atomic mass is 32.2. The first-order chi connectivity index (χ1) is 11.6. The van der Waals surface area contributed by atoms with Gasteiger partial charge in [-0.05, 0) is 74.9 Å². The van der Waals surface area contributed by atoms with Crippen molar-refractivity contribution in [2.45, 2.75) is 56.4 Å². The molecule has 0 aromatic heterocycles. The van der Waals surface area contributed by atoms with E-state index in [0.717, 1.165) is 68.5 Å². The first-order valence-corrected chi connectivity index (χ1v) is 10.5. The summed E-state index contributed by atoms with van der Waals surface area (Å²) in [5.74, 6) is 0.816. The second-order valence-corrected chi connectivity index (χ2v) is 8.44. The number of ether oxygens (including phenoxy) is 1. The Morgan fingerprint density at radius 2 is 1.96 bits per heavy atom. The fourth-order valence-corrected chi connectivity index (χ4v) is 5.44. The van der Waals surface area contributed by atoms with E-state index in [0.29, 0.717) is 17.5 Å². The fraction of sp³-hybridized carbons (Fsp3) is 0.667. The predicted molar refractivity (Wildman–Crippen MR) is 95.1 cm³/mol. The molecule has 5 nitrogen and oxygen atoms in total. The summed E-state index contributed by atoms with van der Waals surface area (Å²) in [6, 6.07) is 3.82. The van der Waals surface area contributed by atoms with Gasteiger partial charge in [0.25, 0.3) is 0 Å². The molecular formula is C18H28N2O3S. The lowest BCUT2D eigenvalue weighted by atomic mass is 9.91. The molecular weight excluding hydrogens is 324 g/mol. The highest BCUT2D eigenvalue weighted by molar-refractivity contribution is 7.89. The molecule has 1 saturated heterocycles. The van der Waals surface area contributed by atoms with Gasteiger partial charge in [0.1, 0.15) is 5.75 Å². The summed E-state index contributed by atoms with van der Waals surface area (Å²) < 4.78 is 34.1. The lowest BCUT2D eigenvalue weighted by Crippen LogP contribution is -2.40. The third-order valence-corrected chi connectivity index (χ3v) is 6.88. The summed E-state index contributed by atoms with van der Waals surface area (Å²) in [6.45, 7) is 4.68. The number of hydrogen-bond donors (Lipinski definition) is 1. The van der Waals surface area contributed by atoms with Crippen molar-refractivity contribution in [3.63, 3.8) is 0 Å². The topological polar surface area (TPSA) is 58.6 Å². The van der Waals surface area contributed by atoms with E-state index in [-0.39, 0.29) is 0 Å². The maximum absolute atomic E-state index is 12.9. The van der Waals surface area contributed by atoms with Crippen LogP contribution in [0.3, 0.4) is 0 Å². The first-order valence-electron chi connectivity index (χ1n) is 8.99. The molecule has 1 atom stereocenters. The molecule has 3 rings (SSSR count). The van der Waals surface area contributed by atoms with Crippen LogP contribution in [0.25, 0.3) is 0 Å². The molecule has 1 fully saturated rings. The zero-order chi connectivity index (χ0) is 17.2. The van der Waals surface area contributed by atoms with E-state index in [4.69, 9.17) is 4.74 Å². The average Bonchev–Trinajstić information content (AvgIpc) is 3.06. The van der Waals surface area contributed by atoms with Crippen molar-refractivity contribution in [3.8, 4) is 5.75 Å². The van der Waals surface area contributed by atoms with Gasteiger partial charge < -0.3 is 4.74 Å². The third-order valence-electron chi connectivity index (χ3n) is 5.37. The highest BCUT2D eigenvalue weighted by Crippen LogP contribution is 2.34. The maximum Gasteiger partial charge on any atom is 0.240 e. The number of likely N-dealkylation sites (N-methyl/N-ethyl adjacent to an activating group) is 1. The molecule has 0 saturated carbocycles. The van der Waals surface area contributed by atoms with Crippen molar-refractivity contribution in [2.75, 3.05) is 26.7 Å². The number of nitrogens with zero attached hydrogens (tertiary/aromatic N) is 1. The first kappa shape index (κ1) is 17.7. The van der Waals surface area contributed by atoms with Crippen LogP contribution in [0.5, 0.6) is 5.75 Å². The second-order valence-electron chi connectivity index (χ2n) is 6.71. The van der Waals surface area contributed by atoms with E-state index in [2.05, 4.69) is 16.5 Å². The molecule has 0 unspecified atom stereocenters. The second kappa shape index (κ2) is 7.42. The molecule has 0 radical (unpaired) electrons. The minimum atomic E-state index is -3.48. The maximum atomic E-state index is 12.9. The monoisotopic (exact) mass is 352 g/mol. The Morgan fingerprint density at radius 1 is 1.21 bits per heavy atom. The Balaban J connectivity index is 1.82. The minimum absolute atomic E-state index is 0.318. The fourth-order valence-electron chi connectivity index (χ4n) is 4.07. The Kier molecular flexibility index (Phi) is 5.47. The molecule has 0 amide bonds. The van der Waals surface area contributed by atoms with Crippen molar-refractivity contribution >= 4 is 10.0 Å². The number of benzene rings is 1. The van der Waals surface area contributed by atoms with Gasteiger partial charge in [-0.1, -0.05) is 6.92 Å². The number of fused-ring (bicyclic) bond motifs is 1. The van der Waals surface area contributed by atoms with Crippen molar-refractivity contribution in [2.24, 2.45) is 0 Å². The Bertz CT molecular complexity index is 688. The summed E-state index contributed by atoms with van der Waals surface area (Å²) in [7, 11) is -1.83. The van der Waals surface area contributed by atoms with E-state index < -0.39 is 10.0 Å². The van der Waals surface area contributed by atoms with Gasteiger partial charge in [0.15, 0.2) is 0 Å². The smallest absolute Gasteiger partial charge is 0.240 e. The van der Waals surface area contributed by atoms with Gasteiger partial charge in [-0.3, -0.25) is 4.90 Å². The van der Waals surface area contributed by atoms with E-state index in [1.54, 1.807) is 19.2 Å². The number of likely N-dealkylation sites (tertiary alicyclic amines) is 1. The lowest BCUT2D eigenvalue weighted by molar-refractivity contribution is 0.268. The van der Waals surface area contributed by atoms with E-state index in [1.165, 1.54) is 0 Å². The van der Waals surface area contributed by atoms with Crippen LogP contribution in [0, 0.1) is 0 Å². The van der Waals surface area contributed by atoms with Crippen LogP contribution in [0.1, 0.15) is 43.7 Å². The van der Waals surface area contributed by atoms with Crippen LogP contribution in [-0.4, -0.2) is 46.1 Å². The van der Waals surface area contributed by atoms with Gasteiger partial charge >= 0.3 is 0 Å². The number of rotatable bonds is 6. The quantitative estimate of drug-likeness (QED) is 0.854. The lowest BCUT2D eigenvalue weighted by Gasteiger charge is -2.24. The largest absolute Gasteiger partial charge is 0.496 e. The molecule has 24 heavy (non-hydrogen) atoms. The van der Waals surface area contributed by atoms with Crippen LogP contribution < -0.4 is 9.46 Å². The SMILES string of the molecule is CCN1CCC[C@@H]1CNS(=O)(=O)c1ccc(OC)c2c1CCCC2. The molecule has 1 aliphatic heterocycles. The molecule has 1 aromatic rings. The van der Waals surface area contributed by atoms with Crippen molar-refractivity contribution in [1.29, 1.82) is 0 Å². The van der Waals surface area contributed by atoms with E-state index in [1.807, 2.05) is 0 Å². The average molecular weight is 353 g/mol. The molecule has 1 heterocycles. The van der Waals surface area contributed by atoms with Crippen LogP contribution in [-0.2, 0) is 22.9 Å². The van der Waals surface area contributed by atoms with Gasteiger partial charge in [-0.25, -0.2) is 13.1 Å². The zero-order valence-electron chi connectivity index (χ0n) is 14.7. The van der Waals surface area contributed by atoms with Crippen LogP contribution in [0.2, 0.25) is 0 Å². The van der Waals surface area contributed by atoms with Crippen LogP contribution in [0.15, 0.2) is 17.0 Å². The predicted octanol–water partition coefficient (Wildman–Crippen LogP) is 2.34. The molecule has 1 aliphatic carbocycles. The molecule has 134 valence electrons. The standard InChI is InChI=1S/C18H28N2O3S/c1-3-20-12-6-7-14(20)13-19-24(21,22)18-11-10-17(23-2)15-8-4-5-9-16(15)18/h10-11,14,19H,3-9,12-13H2,1-2H3/t14-/m1/s1. The van der Waals surface area contributed by atoms with E-state index >= 15 is 0 Å². The summed E-state index contributed by atoms with van der Waals surface area (Å²) in [6.07, 6.45) is 6.05. The number of sulfonamides is 1. The summed E-state index contributed by atoms with van der Waals surface area (Å²) >= 11 is 0. The normalized spacial score (nSPS) is 21.7. The van der Waals surface area contributed by atoms with Gasteiger partial charge in [0, 0.05) is 12.6 Å². The summed E-state index contributed by atoms with van der Waals surface area (Å²) in [4.78, 5) is 2.80. The van der Waals surface area contributed by atoms with Crippen LogP contribution >= 0.6 is 0 Å². The molecule has 0 bridgehead atoms. The summed E-state index contributed by atoms with van der Waals surface area (Å²) in [5.41, 5.74) is 2.02. The Morgan fingerprint density at radius 3 is 2.67 bits per heavy atom. The van der Waals surface area contributed by atoms with Gasteiger partial charge in [0.05, 0.1) is 12.0 Å². The minimum Gasteiger partial charge on any atom is -0.496 e. The molecule has 0 spiro atoms. The highest BCUT2D eigenvalue weighted by Gasteiger charge is 2.28. The number of methoxy groups -OCH3 is 1. The van der Waals surface area contributed by atoms with Gasteiger partial charge in [0.2, 0.25) is 10.0 Å². The molecule has 6 heteroatoms. The Hall–Kier alpha value is -1.11. The third kappa shape index (κ3) is 3.46. The van der Waals surface area contributed by atoms with Crippen molar-refractivity contribution < 1.29 is 13.2 Å². The van der Waals surface area contributed by atoms with Crippen molar-refractivity contribution in [3.05, 3.63) is 23.3 Å². The Labute approximate surface area is 145 Å². The molecule has 1 N–H and O–H groups in total.